The third kappa shape index (κ3) is 3.41. The number of fused-ring (bicyclic) bond motifs is 2. The Morgan fingerprint density at radius 1 is 1.15 bits per heavy atom. The first-order valence-corrected chi connectivity index (χ1v) is 9.09. The molecule has 1 aromatic heterocycles. The molecule has 3 aromatic rings. The predicted molar refractivity (Wildman–Crippen MR) is 105 cm³/mol. The molecular weight excluding hydrogens is 364 g/mol. The van der Waals surface area contributed by atoms with Crippen LogP contribution < -0.4 is 16.4 Å². The number of aromatic amines is 1. The maximum atomic E-state index is 12.8. The molecule has 0 fully saturated rings. The molecule has 27 heavy (non-hydrogen) atoms. The number of benzene rings is 2. The fourth-order valence-electron chi connectivity index (χ4n) is 3.61. The molecular formula is C20H19ClN4O2. The van der Waals surface area contributed by atoms with Gasteiger partial charge in [0.05, 0.1) is 18.6 Å². The molecule has 2 amide bonds. The summed E-state index contributed by atoms with van der Waals surface area (Å²) in [6.45, 7) is -0.0951. The Hall–Kier alpha value is -2.83. The van der Waals surface area contributed by atoms with Gasteiger partial charge in [-0.15, -0.1) is 0 Å². The van der Waals surface area contributed by atoms with E-state index in [0.717, 1.165) is 22.0 Å². The highest BCUT2D eigenvalue weighted by atomic mass is 35.5. The van der Waals surface area contributed by atoms with E-state index in [4.69, 9.17) is 17.3 Å². The van der Waals surface area contributed by atoms with Crippen LogP contribution in [0.4, 0.5) is 0 Å². The van der Waals surface area contributed by atoms with Gasteiger partial charge in [-0.3, -0.25) is 9.59 Å². The summed E-state index contributed by atoms with van der Waals surface area (Å²) in [4.78, 5) is 27.8. The van der Waals surface area contributed by atoms with Gasteiger partial charge in [0.25, 0.3) is 5.91 Å². The Morgan fingerprint density at radius 3 is 2.78 bits per heavy atom. The summed E-state index contributed by atoms with van der Waals surface area (Å²) in [6, 6.07) is 14.5. The van der Waals surface area contributed by atoms with E-state index in [0.29, 0.717) is 17.1 Å². The van der Waals surface area contributed by atoms with Gasteiger partial charge in [0.2, 0.25) is 5.91 Å². The second-order valence-corrected chi connectivity index (χ2v) is 7.08. The van der Waals surface area contributed by atoms with Gasteiger partial charge in [-0.05, 0) is 41.8 Å². The van der Waals surface area contributed by atoms with Crippen LogP contribution in [0.3, 0.4) is 0 Å². The second-order valence-electron chi connectivity index (χ2n) is 6.65. The Morgan fingerprint density at radius 2 is 1.96 bits per heavy atom. The third-order valence-electron chi connectivity index (χ3n) is 4.88. The Kier molecular flexibility index (Phi) is 4.59. The average Bonchev–Trinajstić information content (AvgIpc) is 3.23. The lowest BCUT2D eigenvalue weighted by molar-refractivity contribution is -0.120. The Labute approximate surface area is 161 Å². The lowest BCUT2D eigenvalue weighted by Crippen LogP contribution is -2.45. The van der Waals surface area contributed by atoms with Crippen LogP contribution in [0.15, 0.2) is 48.5 Å². The summed E-state index contributed by atoms with van der Waals surface area (Å²) in [5.41, 5.74) is 8.85. The molecule has 0 aliphatic heterocycles. The lowest BCUT2D eigenvalue weighted by Gasteiger charge is -2.22. The summed E-state index contributed by atoms with van der Waals surface area (Å²) >= 11 is 6.01. The lowest BCUT2D eigenvalue weighted by atomic mass is 10.1. The molecule has 138 valence electrons. The molecule has 1 aliphatic carbocycles. The monoisotopic (exact) mass is 382 g/mol. The van der Waals surface area contributed by atoms with Gasteiger partial charge in [-0.1, -0.05) is 35.9 Å². The smallest absolute Gasteiger partial charge is 0.268 e. The molecule has 2 unspecified atom stereocenters. The van der Waals surface area contributed by atoms with E-state index in [9.17, 15) is 9.59 Å². The number of halogens is 1. The highest BCUT2D eigenvalue weighted by molar-refractivity contribution is 6.31. The van der Waals surface area contributed by atoms with E-state index >= 15 is 0 Å². The number of H-pyrrole nitrogens is 1. The van der Waals surface area contributed by atoms with Crippen LogP contribution in [0.1, 0.15) is 27.7 Å². The van der Waals surface area contributed by atoms with Crippen LogP contribution in [0, 0.1) is 0 Å². The average molecular weight is 383 g/mol. The molecule has 0 spiro atoms. The first-order valence-electron chi connectivity index (χ1n) is 8.71. The van der Waals surface area contributed by atoms with E-state index in [1.165, 1.54) is 0 Å². The van der Waals surface area contributed by atoms with Crippen LogP contribution in [0.25, 0.3) is 10.9 Å². The van der Waals surface area contributed by atoms with Crippen molar-refractivity contribution in [3.63, 3.8) is 0 Å². The molecule has 0 bridgehead atoms. The summed E-state index contributed by atoms with van der Waals surface area (Å²) in [5, 5.41) is 7.44. The van der Waals surface area contributed by atoms with E-state index in [1.807, 2.05) is 30.3 Å². The fourth-order valence-corrected chi connectivity index (χ4v) is 3.79. The van der Waals surface area contributed by atoms with E-state index < -0.39 is 0 Å². The summed E-state index contributed by atoms with van der Waals surface area (Å²) in [7, 11) is 0. The second kappa shape index (κ2) is 7.06. The zero-order chi connectivity index (χ0) is 19.0. The summed E-state index contributed by atoms with van der Waals surface area (Å²) in [5.74, 6) is -0.483. The zero-order valence-electron chi connectivity index (χ0n) is 14.5. The van der Waals surface area contributed by atoms with Crippen molar-refractivity contribution in [2.45, 2.75) is 18.5 Å². The number of hydrogen-bond donors (Lipinski definition) is 4. The maximum Gasteiger partial charge on any atom is 0.268 e. The van der Waals surface area contributed by atoms with Gasteiger partial charge in [0.1, 0.15) is 5.69 Å². The van der Waals surface area contributed by atoms with Crippen molar-refractivity contribution in [2.75, 3.05) is 6.54 Å². The van der Waals surface area contributed by atoms with Gasteiger partial charge in [0, 0.05) is 15.9 Å². The molecule has 0 saturated heterocycles. The van der Waals surface area contributed by atoms with Crippen LogP contribution in [-0.4, -0.2) is 29.4 Å². The van der Waals surface area contributed by atoms with Crippen LogP contribution in [0.2, 0.25) is 5.02 Å². The van der Waals surface area contributed by atoms with E-state index in [2.05, 4.69) is 15.6 Å². The molecule has 1 aliphatic rings. The number of rotatable bonds is 4. The first kappa shape index (κ1) is 17.6. The summed E-state index contributed by atoms with van der Waals surface area (Å²) < 4.78 is 0. The van der Waals surface area contributed by atoms with Gasteiger partial charge >= 0.3 is 0 Å². The van der Waals surface area contributed by atoms with Gasteiger partial charge in [0.15, 0.2) is 0 Å². The van der Waals surface area contributed by atoms with Crippen molar-refractivity contribution in [1.82, 2.24) is 15.6 Å². The molecule has 5 N–H and O–H groups in total. The fraction of sp³-hybridized carbons (Fsp3) is 0.200. The molecule has 7 heteroatoms. The first-order chi connectivity index (χ1) is 13.0. The quantitative estimate of drug-likeness (QED) is 0.557. The number of carbonyl (C=O) groups excluding carboxylic acids is 2. The number of nitrogens with two attached hydrogens (primary N) is 1. The molecule has 1 heterocycles. The summed E-state index contributed by atoms with van der Waals surface area (Å²) in [6.07, 6.45) is 0.642. The van der Waals surface area contributed by atoms with Gasteiger partial charge < -0.3 is 21.4 Å². The third-order valence-corrected chi connectivity index (χ3v) is 5.11. The number of nitrogens with one attached hydrogen (secondary N) is 3. The van der Waals surface area contributed by atoms with Crippen molar-refractivity contribution in [3.8, 4) is 0 Å². The van der Waals surface area contributed by atoms with Crippen molar-refractivity contribution in [3.05, 3.63) is 70.4 Å². The van der Waals surface area contributed by atoms with Crippen LogP contribution in [0.5, 0.6) is 0 Å². The molecule has 6 nitrogen and oxygen atoms in total. The molecule has 2 atom stereocenters. The topological polar surface area (TPSA) is 100 Å². The Bertz CT molecular complexity index is 1030. The molecule has 4 rings (SSSR count). The van der Waals surface area contributed by atoms with E-state index in [-0.39, 0.29) is 30.4 Å². The highest BCUT2D eigenvalue weighted by Crippen LogP contribution is 2.31. The minimum Gasteiger partial charge on any atom is -0.351 e. The van der Waals surface area contributed by atoms with Crippen LogP contribution in [-0.2, 0) is 11.2 Å². The molecule has 0 saturated carbocycles. The van der Waals surface area contributed by atoms with Gasteiger partial charge in [-0.25, -0.2) is 0 Å². The SMILES string of the molecule is NCC(=O)NC1c2ccccc2CC1NC(=O)c1cc2cc(Cl)ccc2[nH]1. The Balaban J connectivity index is 1.58. The molecule has 0 radical (unpaired) electrons. The van der Waals surface area contributed by atoms with Gasteiger partial charge in [-0.2, -0.15) is 0 Å². The van der Waals surface area contributed by atoms with Crippen molar-refractivity contribution in [1.29, 1.82) is 0 Å². The predicted octanol–water partition coefficient (Wildman–Crippen LogP) is 2.29. The standard InChI is InChI=1S/C20H19ClN4O2/c21-13-5-6-15-12(7-13)9-17(23-15)20(27)24-16-8-11-3-1-2-4-14(11)19(16)25-18(26)10-22/h1-7,9,16,19,23H,8,10,22H2,(H,24,27)(H,25,26). The maximum absolute atomic E-state index is 12.8. The minimum atomic E-state index is -0.306. The highest BCUT2D eigenvalue weighted by Gasteiger charge is 2.34. The van der Waals surface area contributed by atoms with Crippen LogP contribution >= 0.6 is 11.6 Å². The van der Waals surface area contributed by atoms with Crippen molar-refractivity contribution < 1.29 is 9.59 Å². The van der Waals surface area contributed by atoms with E-state index in [1.54, 1.807) is 18.2 Å². The van der Waals surface area contributed by atoms with Crippen molar-refractivity contribution in [2.24, 2.45) is 5.73 Å². The number of carbonyl (C=O) groups is 2. The number of aromatic nitrogens is 1. The number of hydrogen-bond acceptors (Lipinski definition) is 3. The number of amides is 2. The van der Waals surface area contributed by atoms with Crippen molar-refractivity contribution >= 4 is 34.3 Å². The largest absolute Gasteiger partial charge is 0.351 e. The minimum absolute atomic E-state index is 0.0951. The molecule has 2 aromatic carbocycles. The zero-order valence-corrected chi connectivity index (χ0v) is 15.2. The normalized spacial score (nSPS) is 18.3.